The Morgan fingerprint density at radius 1 is 0.227 bits per heavy atom. The highest BCUT2D eigenvalue weighted by molar-refractivity contribution is 6.47. The first-order valence-corrected chi connectivity index (χ1v) is 22.6. The molecule has 66 heavy (non-hydrogen) atoms. The summed E-state index contributed by atoms with van der Waals surface area (Å²) < 4.78 is 0. The van der Waals surface area contributed by atoms with Crippen molar-refractivity contribution in [2.24, 2.45) is 0 Å². The van der Waals surface area contributed by atoms with Crippen LogP contribution in [0.25, 0.3) is 163 Å². The number of nitriles is 2. The van der Waals surface area contributed by atoms with E-state index in [1.165, 1.54) is 108 Å². The summed E-state index contributed by atoms with van der Waals surface area (Å²) in [7, 11) is 0. The predicted octanol–water partition coefficient (Wildman–Crippen LogP) is 17.4. The van der Waals surface area contributed by atoms with Crippen LogP contribution < -0.4 is 0 Å². The molecule has 0 amide bonds. The van der Waals surface area contributed by atoms with E-state index in [2.05, 4.69) is 170 Å². The van der Waals surface area contributed by atoms with E-state index in [9.17, 15) is 10.5 Å². The fourth-order valence-electron chi connectivity index (χ4n) is 12.9. The van der Waals surface area contributed by atoms with Gasteiger partial charge < -0.3 is 0 Å². The van der Waals surface area contributed by atoms with Gasteiger partial charge in [0, 0.05) is 11.1 Å². The predicted molar refractivity (Wildman–Crippen MR) is 277 cm³/mol. The van der Waals surface area contributed by atoms with Gasteiger partial charge in [-0.2, -0.15) is 10.5 Å². The number of benzene rings is 13. The average Bonchev–Trinajstić information content (AvgIpc) is 3.99. The lowest BCUT2D eigenvalue weighted by Gasteiger charge is -2.18. The van der Waals surface area contributed by atoms with Crippen LogP contribution in [-0.2, 0) is 0 Å². The smallest absolute Gasteiger partial charge is 0.0998 e. The molecule has 0 heterocycles. The van der Waals surface area contributed by atoms with Crippen molar-refractivity contribution in [1.82, 2.24) is 0 Å². The Morgan fingerprint density at radius 2 is 0.621 bits per heavy atom. The molecule has 2 nitrogen and oxygen atoms in total. The quantitative estimate of drug-likeness (QED) is 0.129. The van der Waals surface area contributed by atoms with Crippen molar-refractivity contribution in [2.45, 2.75) is 0 Å². The fourth-order valence-corrected chi connectivity index (χ4v) is 12.9. The maximum Gasteiger partial charge on any atom is 0.0998 e. The zero-order valence-corrected chi connectivity index (χ0v) is 35.2. The van der Waals surface area contributed by atoms with Crippen LogP contribution in [0.15, 0.2) is 182 Å². The summed E-state index contributed by atoms with van der Waals surface area (Å²) in [4.78, 5) is 0. The van der Waals surface area contributed by atoms with Gasteiger partial charge in [0.25, 0.3) is 0 Å². The van der Waals surface area contributed by atoms with Crippen LogP contribution in [0.5, 0.6) is 0 Å². The number of hydrogen-bond donors (Lipinski definition) is 0. The first-order valence-electron chi connectivity index (χ1n) is 22.6. The SMILES string of the molecule is N#Cc1ccccc1-c1c2cc3c(cc2c(-c2ccccc2C#N)c2c4ccc5c6ccc7c8c(ccc(c9ccc(c12)c4c95)c86)-c1cc2ccccc2cc1-7)c1cccc2cccc3c21. The minimum Gasteiger partial charge on any atom is -0.192 e. The standard InChI is InChI=1S/C64H30N2/c65-31-36-11-3-5-15-38(36)57-54-29-52-40-17-7-13-33-14-8-18-41(56(33)40)53(52)30-55(54)58(39-16-6-4-12-37(39)32-66)64-49-26-24-45-43-20-22-47-51-28-35-10-2-1-9-34(35)27-50(51)46-21-19-42(59(43)61(46)47)44-23-25-48(63(57)64)62(49)60(44)45/h1-30H. The second-order valence-corrected chi connectivity index (χ2v) is 18.4. The summed E-state index contributed by atoms with van der Waals surface area (Å²) in [6.07, 6.45) is 0. The Kier molecular flexibility index (Phi) is 6.22. The van der Waals surface area contributed by atoms with Crippen molar-refractivity contribution in [2.75, 3.05) is 0 Å². The summed E-state index contributed by atoms with van der Waals surface area (Å²) >= 11 is 0. The van der Waals surface area contributed by atoms with Crippen LogP contribution in [0, 0.1) is 22.7 Å². The second kappa shape index (κ2) is 11.9. The Labute approximate surface area is 377 Å². The van der Waals surface area contributed by atoms with Crippen molar-refractivity contribution >= 4 is 118 Å². The molecule has 0 unspecified atom stereocenters. The fraction of sp³-hybridized carbons (Fsp3) is 0. The van der Waals surface area contributed by atoms with Crippen molar-refractivity contribution in [3.05, 3.63) is 193 Å². The van der Waals surface area contributed by atoms with Gasteiger partial charge in [0.1, 0.15) is 0 Å². The molecule has 296 valence electrons. The highest BCUT2D eigenvalue weighted by Crippen LogP contribution is 2.58. The largest absolute Gasteiger partial charge is 0.192 e. The monoisotopic (exact) mass is 826 g/mol. The van der Waals surface area contributed by atoms with Crippen LogP contribution >= 0.6 is 0 Å². The summed E-state index contributed by atoms with van der Waals surface area (Å²) in [5, 5.41) is 48.3. The third kappa shape index (κ3) is 4.00. The average molecular weight is 827 g/mol. The third-order valence-corrected chi connectivity index (χ3v) is 15.5. The molecule has 15 aromatic rings. The number of hydrogen-bond acceptors (Lipinski definition) is 2. The Bertz CT molecular complexity index is 4530. The molecule has 0 N–H and O–H groups in total. The number of rotatable bonds is 2. The van der Waals surface area contributed by atoms with E-state index in [1.807, 2.05) is 24.3 Å². The Morgan fingerprint density at radius 3 is 1.12 bits per heavy atom. The van der Waals surface area contributed by atoms with E-state index in [0.29, 0.717) is 11.1 Å². The molecule has 2 heteroatoms. The Hall–Kier alpha value is -9.08. The molecule has 0 saturated carbocycles. The molecule has 0 aromatic heterocycles. The maximum absolute atomic E-state index is 10.8. The molecule has 16 rings (SSSR count). The maximum atomic E-state index is 10.8. The van der Waals surface area contributed by atoms with Gasteiger partial charge in [0.15, 0.2) is 0 Å². The molecule has 15 aromatic carbocycles. The normalized spacial score (nSPS) is 12.5. The van der Waals surface area contributed by atoms with Crippen LogP contribution in [0.4, 0.5) is 0 Å². The van der Waals surface area contributed by atoms with Gasteiger partial charge in [-0.25, -0.2) is 0 Å². The highest BCUT2D eigenvalue weighted by atomic mass is 14.3. The van der Waals surface area contributed by atoms with Crippen LogP contribution in [0.1, 0.15) is 11.1 Å². The van der Waals surface area contributed by atoms with Crippen molar-refractivity contribution in [1.29, 1.82) is 10.5 Å². The minimum absolute atomic E-state index is 0.634. The zero-order valence-electron chi connectivity index (χ0n) is 35.2. The van der Waals surface area contributed by atoms with E-state index in [1.54, 1.807) is 0 Å². The van der Waals surface area contributed by atoms with Crippen LogP contribution in [0.3, 0.4) is 0 Å². The molecule has 0 saturated heterocycles. The first-order chi connectivity index (χ1) is 32.7. The number of nitrogens with zero attached hydrogens (tertiary/aromatic N) is 2. The molecule has 0 atom stereocenters. The Balaban J connectivity index is 1.13. The third-order valence-electron chi connectivity index (χ3n) is 15.5. The van der Waals surface area contributed by atoms with Gasteiger partial charge in [-0.15, -0.1) is 0 Å². The van der Waals surface area contributed by atoms with Crippen LogP contribution in [-0.4, -0.2) is 0 Å². The van der Waals surface area contributed by atoms with Crippen LogP contribution in [0.2, 0.25) is 0 Å². The zero-order chi connectivity index (χ0) is 43.1. The summed E-state index contributed by atoms with van der Waals surface area (Å²) in [6, 6.07) is 71.6. The van der Waals surface area contributed by atoms with Crippen molar-refractivity contribution in [3.63, 3.8) is 0 Å². The lowest BCUT2D eigenvalue weighted by molar-refractivity contribution is 1.48. The lowest BCUT2D eigenvalue weighted by atomic mass is 9.83. The second-order valence-electron chi connectivity index (χ2n) is 18.4. The van der Waals surface area contributed by atoms with Crippen molar-refractivity contribution < 1.29 is 0 Å². The van der Waals surface area contributed by atoms with Gasteiger partial charge in [0.05, 0.1) is 23.3 Å². The van der Waals surface area contributed by atoms with Gasteiger partial charge in [0.2, 0.25) is 0 Å². The summed E-state index contributed by atoms with van der Waals surface area (Å²) in [5.41, 5.74) is 10.4. The molecular formula is C64H30N2. The summed E-state index contributed by atoms with van der Waals surface area (Å²) in [6.45, 7) is 0. The van der Waals surface area contributed by atoms with E-state index in [0.717, 1.165) is 54.6 Å². The van der Waals surface area contributed by atoms with E-state index in [-0.39, 0.29) is 0 Å². The van der Waals surface area contributed by atoms with E-state index < -0.39 is 0 Å². The molecule has 1 aliphatic rings. The van der Waals surface area contributed by atoms with Gasteiger partial charge in [-0.05, 0) is 188 Å². The topological polar surface area (TPSA) is 47.6 Å². The van der Waals surface area contributed by atoms with Gasteiger partial charge in [-0.3, -0.25) is 0 Å². The van der Waals surface area contributed by atoms with Gasteiger partial charge in [-0.1, -0.05) is 146 Å². The van der Waals surface area contributed by atoms with E-state index >= 15 is 0 Å². The minimum atomic E-state index is 0.634. The van der Waals surface area contributed by atoms with E-state index in [4.69, 9.17) is 0 Å². The molecule has 0 bridgehead atoms. The van der Waals surface area contributed by atoms with Gasteiger partial charge >= 0.3 is 0 Å². The molecule has 0 radical (unpaired) electrons. The lowest BCUT2D eigenvalue weighted by Crippen LogP contribution is -1.93. The molecule has 1 aliphatic carbocycles. The molecular weight excluding hydrogens is 797 g/mol. The number of fused-ring (bicyclic) bond motifs is 13. The molecule has 0 aliphatic heterocycles. The van der Waals surface area contributed by atoms with Crippen molar-refractivity contribution in [3.8, 4) is 56.6 Å². The highest BCUT2D eigenvalue weighted by Gasteiger charge is 2.30. The summed E-state index contributed by atoms with van der Waals surface area (Å²) in [5.74, 6) is 0. The first kappa shape index (κ1) is 34.4. The molecule has 0 spiro atoms. The molecule has 0 fully saturated rings.